The molecule has 1 heterocycles. The SMILES string of the molecule is CCC1CS(=O)C(C)C(c2ccccc2)N1. The van der Waals surface area contributed by atoms with Crippen LogP contribution in [0.2, 0.25) is 0 Å². The van der Waals surface area contributed by atoms with E-state index in [1.807, 2.05) is 18.2 Å². The monoisotopic (exact) mass is 237 g/mol. The first kappa shape index (κ1) is 11.8. The summed E-state index contributed by atoms with van der Waals surface area (Å²) in [5, 5.41) is 3.81. The molecule has 1 aliphatic rings. The molecule has 0 aromatic heterocycles. The van der Waals surface area contributed by atoms with E-state index in [4.69, 9.17) is 0 Å². The maximum Gasteiger partial charge on any atom is 0.0515 e. The lowest BCUT2D eigenvalue weighted by Crippen LogP contribution is -2.48. The summed E-state index contributed by atoms with van der Waals surface area (Å²) in [6, 6.07) is 11.0. The van der Waals surface area contributed by atoms with Gasteiger partial charge in [0, 0.05) is 28.6 Å². The van der Waals surface area contributed by atoms with Gasteiger partial charge in [-0.05, 0) is 18.9 Å². The Balaban J connectivity index is 2.22. The second-order valence-corrected chi connectivity index (χ2v) is 6.25. The number of hydrogen-bond donors (Lipinski definition) is 1. The first-order chi connectivity index (χ1) is 7.72. The van der Waals surface area contributed by atoms with Crippen molar-refractivity contribution in [1.82, 2.24) is 5.32 Å². The molecule has 1 fully saturated rings. The smallest absolute Gasteiger partial charge is 0.0515 e. The van der Waals surface area contributed by atoms with Crippen LogP contribution in [-0.2, 0) is 10.8 Å². The van der Waals surface area contributed by atoms with E-state index in [1.165, 1.54) is 5.56 Å². The Morgan fingerprint density at radius 1 is 1.38 bits per heavy atom. The van der Waals surface area contributed by atoms with Crippen LogP contribution >= 0.6 is 0 Å². The molecule has 1 aromatic rings. The second kappa shape index (κ2) is 5.11. The summed E-state index contributed by atoms with van der Waals surface area (Å²) in [4.78, 5) is 0. The van der Waals surface area contributed by atoms with E-state index in [9.17, 15) is 4.21 Å². The molecule has 88 valence electrons. The predicted octanol–water partition coefficient (Wildman–Crippen LogP) is 2.25. The van der Waals surface area contributed by atoms with Gasteiger partial charge in [0.05, 0.1) is 5.25 Å². The Kier molecular flexibility index (Phi) is 3.77. The van der Waals surface area contributed by atoms with Crippen LogP contribution in [0.25, 0.3) is 0 Å². The minimum atomic E-state index is -0.708. The summed E-state index contributed by atoms with van der Waals surface area (Å²) >= 11 is 0. The lowest BCUT2D eigenvalue weighted by Gasteiger charge is -2.35. The van der Waals surface area contributed by atoms with E-state index < -0.39 is 10.8 Å². The highest BCUT2D eigenvalue weighted by atomic mass is 32.2. The normalized spacial score (nSPS) is 34.9. The quantitative estimate of drug-likeness (QED) is 0.855. The maximum absolute atomic E-state index is 12.0. The molecule has 0 saturated carbocycles. The zero-order valence-corrected chi connectivity index (χ0v) is 10.7. The van der Waals surface area contributed by atoms with Gasteiger partial charge in [-0.2, -0.15) is 0 Å². The average molecular weight is 237 g/mol. The molecule has 0 spiro atoms. The molecular weight excluding hydrogens is 218 g/mol. The van der Waals surface area contributed by atoms with Crippen molar-refractivity contribution in [2.75, 3.05) is 5.75 Å². The van der Waals surface area contributed by atoms with Crippen LogP contribution < -0.4 is 5.32 Å². The molecule has 1 aromatic carbocycles. The third-order valence-electron chi connectivity index (χ3n) is 3.32. The van der Waals surface area contributed by atoms with E-state index >= 15 is 0 Å². The fourth-order valence-electron chi connectivity index (χ4n) is 2.20. The van der Waals surface area contributed by atoms with Crippen molar-refractivity contribution >= 4 is 10.8 Å². The van der Waals surface area contributed by atoms with Crippen LogP contribution in [0.5, 0.6) is 0 Å². The Bertz CT molecular complexity index is 365. The van der Waals surface area contributed by atoms with Crippen molar-refractivity contribution in [1.29, 1.82) is 0 Å². The van der Waals surface area contributed by atoms with E-state index in [1.54, 1.807) is 0 Å². The van der Waals surface area contributed by atoms with Crippen molar-refractivity contribution in [3.8, 4) is 0 Å². The molecular formula is C13H19NOS. The van der Waals surface area contributed by atoms with Gasteiger partial charge in [-0.3, -0.25) is 4.21 Å². The van der Waals surface area contributed by atoms with Gasteiger partial charge in [0.15, 0.2) is 0 Å². The van der Waals surface area contributed by atoms with Crippen molar-refractivity contribution in [2.45, 2.75) is 37.6 Å². The first-order valence-electron chi connectivity index (χ1n) is 5.90. The van der Waals surface area contributed by atoms with Crippen molar-refractivity contribution in [2.24, 2.45) is 0 Å². The zero-order chi connectivity index (χ0) is 11.5. The molecule has 4 unspecified atom stereocenters. The van der Waals surface area contributed by atoms with Gasteiger partial charge in [-0.1, -0.05) is 37.3 Å². The van der Waals surface area contributed by atoms with Gasteiger partial charge in [0.25, 0.3) is 0 Å². The maximum atomic E-state index is 12.0. The number of nitrogens with one attached hydrogen (secondary N) is 1. The van der Waals surface area contributed by atoms with E-state index in [2.05, 4.69) is 31.3 Å². The van der Waals surface area contributed by atoms with Crippen molar-refractivity contribution < 1.29 is 4.21 Å². The van der Waals surface area contributed by atoms with Gasteiger partial charge >= 0.3 is 0 Å². The fourth-order valence-corrected chi connectivity index (χ4v) is 3.77. The third-order valence-corrected chi connectivity index (χ3v) is 5.15. The predicted molar refractivity (Wildman–Crippen MR) is 68.9 cm³/mol. The van der Waals surface area contributed by atoms with Crippen LogP contribution in [0.4, 0.5) is 0 Å². The summed E-state index contributed by atoms with van der Waals surface area (Å²) in [5.41, 5.74) is 1.25. The molecule has 1 saturated heterocycles. The number of benzene rings is 1. The Morgan fingerprint density at radius 3 is 2.69 bits per heavy atom. The third kappa shape index (κ3) is 2.36. The van der Waals surface area contributed by atoms with E-state index in [0.717, 1.165) is 12.2 Å². The van der Waals surface area contributed by atoms with Gasteiger partial charge in [-0.15, -0.1) is 0 Å². The van der Waals surface area contributed by atoms with Crippen LogP contribution in [0.15, 0.2) is 30.3 Å². The summed E-state index contributed by atoms with van der Waals surface area (Å²) in [7, 11) is -0.708. The number of hydrogen-bond acceptors (Lipinski definition) is 2. The first-order valence-corrected chi connectivity index (χ1v) is 7.28. The standard InChI is InChI=1S/C13H19NOS/c1-3-12-9-16(15)10(2)13(14-12)11-7-5-4-6-8-11/h4-8,10,12-14H,3,9H2,1-2H3. The minimum absolute atomic E-state index is 0.199. The largest absolute Gasteiger partial charge is 0.305 e. The minimum Gasteiger partial charge on any atom is -0.305 e. The van der Waals surface area contributed by atoms with Gasteiger partial charge < -0.3 is 5.32 Å². The zero-order valence-electron chi connectivity index (χ0n) is 9.85. The van der Waals surface area contributed by atoms with Gasteiger partial charge in [0.2, 0.25) is 0 Å². The Morgan fingerprint density at radius 2 is 2.06 bits per heavy atom. The molecule has 0 amide bonds. The number of rotatable bonds is 2. The Labute approximate surface area is 99.9 Å². The lowest BCUT2D eigenvalue weighted by molar-refractivity contribution is 0.421. The van der Waals surface area contributed by atoms with Gasteiger partial charge in [0.1, 0.15) is 0 Å². The fraction of sp³-hybridized carbons (Fsp3) is 0.538. The molecule has 0 aliphatic carbocycles. The van der Waals surface area contributed by atoms with Crippen LogP contribution in [0, 0.1) is 0 Å². The molecule has 1 N–H and O–H groups in total. The second-order valence-electron chi connectivity index (χ2n) is 4.41. The van der Waals surface area contributed by atoms with E-state index in [0.29, 0.717) is 6.04 Å². The van der Waals surface area contributed by atoms with E-state index in [-0.39, 0.29) is 11.3 Å². The molecule has 0 radical (unpaired) electrons. The van der Waals surface area contributed by atoms with Crippen molar-refractivity contribution in [3.05, 3.63) is 35.9 Å². The van der Waals surface area contributed by atoms with Crippen LogP contribution in [0.1, 0.15) is 31.9 Å². The highest BCUT2D eigenvalue weighted by Gasteiger charge is 2.32. The molecule has 3 heteroatoms. The molecule has 4 atom stereocenters. The Hall–Kier alpha value is -0.670. The topological polar surface area (TPSA) is 29.1 Å². The highest BCUT2D eigenvalue weighted by Crippen LogP contribution is 2.26. The lowest BCUT2D eigenvalue weighted by atomic mass is 10.0. The summed E-state index contributed by atoms with van der Waals surface area (Å²) in [6.07, 6.45) is 1.04. The van der Waals surface area contributed by atoms with Gasteiger partial charge in [-0.25, -0.2) is 0 Å². The van der Waals surface area contributed by atoms with Crippen molar-refractivity contribution in [3.63, 3.8) is 0 Å². The molecule has 2 nitrogen and oxygen atoms in total. The van der Waals surface area contributed by atoms with Crippen LogP contribution in [-0.4, -0.2) is 21.3 Å². The summed E-state index contributed by atoms with van der Waals surface area (Å²) < 4.78 is 12.0. The molecule has 16 heavy (non-hydrogen) atoms. The molecule has 1 aliphatic heterocycles. The summed E-state index contributed by atoms with van der Waals surface area (Å²) in [5.74, 6) is 0.793. The molecule has 0 bridgehead atoms. The molecule has 2 rings (SSSR count). The summed E-state index contributed by atoms with van der Waals surface area (Å²) in [6.45, 7) is 4.22. The average Bonchev–Trinajstić information content (AvgIpc) is 2.33. The van der Waals surface area contributed by atoms with Crippen LogP contribution in [0.3, 0.4) is 0 Å². The highest BCUT2D eigenvalue weighted by molar-refractivity contribution is 7.85.